The summed E-state index contributed by atoms with van der Waals surface area (Å²) in [7, 11) is 0. The lowest BCUT2D eigenvalue weighted by Crippen LogP contribution is -2.23. The van der Waals surface area contributed by atoms with Gasteiger partial charge in [0.15, 0.2) is 5.96 Å². The van der Waals surface area contributed by atoms with Crippen molar-refractivity contribution in [2.24, 2.45) is 16.5 Å². The van der Waals surface area contributed by atoms with Gasteiger partial charge in [-0.2, -0.15) is 0 Å². The average Bonchev–Trinajstić information content (AvgIpc) is 1.85. The summed E-state index contributed by atoms with van der Waals surface area (Å²) in [5.74, 6) is -0.0642. The van der Waals surface area contributed by atoms with Crippen LogP contribution in [0.4, 0.5) is 8.78 Å². The Kier molecular flexibility index (Phi) is 5.36. The van der Waals surface area contributed by atoms with E-state index in [4.69, 9.17) is 11.5 Å². The zero-order valence-electron chi connectivity index (χ0n) is 5.96. The zero-order chi connectivity index (χ0) is 8.69. The molecule has 0 bridgehead atoms. The summed E-state index contributed by atoms with van der Waals surface area (Å²) in [4.78, 5) is 3.52. The van der Waals surface area contributed by atoms with Crippen LogP contribution in [0.15, 0.2) is 4.99 Å². The number of alkyl halides is 2. The Morgan fingerprint density at radius 2 is 2.09 bits per heavy atom. The summed E-state index contributed by atoms with van der Waals surface area (Å²) in [5.41, 5.74) is 9.92. The van der Waals surface area contributed by atoms with E-state index in [9.17, 15) is 8.78 Å². The molecule has 0 aliphatic carbocycles. The van der Waals surface area contributed by atoms with Crippen LogP contribution in [0, 0.1) is 0 Å². The van der Waals surface area contributed by atoms with Gasteiger partial charge in [-0.1, -0.05) is 0 Å². The Balaban J connectivity index is 3.09. The highest BCUT2D eigenvalue weighted by molar-refractivity contribution is 5.75. The van der Waals surface area contributed by atoms with Gasteiger partial charge in [-0.15, -0.1) is 0 Å². The fourth-order valence-electron chi connectivity index (χ4n) is 0.412. The predicted molar refractivity (Wildman–Crippen MR) is 37.5 cm³/mol. The third kappa shape index (κ3) is 9.09. The summed E-state index contributed by atoms with van der Waals surface area (Å²) in [6, 6.07) is 0. The minimum Gasteiger partial charge on any atom is -0.374 e. The summed E-state index contributed by atoms with van der Waals surface area (Å²) in [6.45, 7) is -0.239. The van der Waals surface area contributed by atoms with Crippen LogP contribution >= 0.6 is 0 Å². The van der Waals surface area contributed by atoms with Crippen molar-refractivity contribution in [3.63, 3.8) is 0 Å². The number of guanidine groups is 1. The zero-order valence-corrected chi connectivity index (χ0v) is 5.96. The molecule has 0 fully saturated rings. The van der Waals surface area contributed by atoms with Gasteiger partial charge in [0, 0.05) is 0 Å². The third-order valence-corrected chi connectivity index (χ3v) is 0.774. The molecule has 0 saturated carbocycles. The minimum absolute atomic E-state index is 0.0642. The molecule has 0 spiro atoms. The second-order valence-electron chi connectivity index (χ2n) is 1.77. The molecule has 0 radical (unpaired) electrons. The van der Waals surface area contributed by atoms with E-state index in [0.29, 0.717) is 0 Å². The number of hydrogen-bond donors (Lipinski definition) is 2. The van der Waals surface area contributed by atoms with Crippen LogP contribution in [0.1, 0.15) is 0 Å². The molecule has 0 amide bonds. The lowest BCUT2D eigenvalue weighted by atomic mass is 10.7. The first-order chi connectivity index (χ1) is 5.13. The molecule has 0 aromatic rings. The van der Waals surface area contributed by atoms with Crippen molar-refractivity contribution in [1.82, 2.24) is 0 Å². The van der Waals surface area contributed by atoms with Gasteiger partial charge in [-0.3, -0.25) is 4.99 Å². The molecular weight excluding hydrogens is 156 g/mol. The molecule has 0 rings (SSSR count). The Morgan fingerprint density at radius 3 is 2.55 bits per heavy atom. The molecule has 6 heteroatoms. The maximum atomic E-state index is 11.4. The van der Waals surface area contributed by atoms with E-state index >= 15 is 0 Å². The lowest BCUT2D eigenvalue weighted by molar-refractivity contribution is 0.0207. The van der Waals surface area contributed by atoms with Crippen molar-refractivity contribution in [1.29, 1.82) is 0 Å². The minimum atomic E-state index is -2.44. The first-order valence-electron chi connectivity index (χ1n) is 3.04. The highest BCUT2D eigenvalue weighted by Crippen LogP contribution is 1.91. The average molecular weight is 167 g/mol. The molecule has 0 atom stereocenters. The van der Waals surface area contributed by atoms with Gasteiger partial charge >= 0.3 is 0 Å². The van der Waals surface area contributed by atoms with Crippen LogP contribution in [0.25, 0.3) is 0 Å². The quantitative estimate of drug-likeness (QED) is 0.330. The van der Waals surface area contributed by atoms with Gasteiger partial charge in [0.1, 0.15) is 6.61 Å². The van der Waals surface area contributed by atoms with Crippen LogP contribution in [0.5, 0.6) is 0 Å². The maximum Gasteiger partial charge on any atom is 0.261 e. The Labute approximate surface area is 63.2 Å². The molecule has 66 valence electrons. The Morgan fingerprint density at radius 1 is 1.45 bits per heavy atom. The van der Waals surface area contributed by atoms with Crippen LogP contribution in [-0.4, -0.2) is 32.1 Å². The van der Waals surface area contributed by atoms with E-state index in [1.807, 2.05) is 0 Å². The monoisotopic (exact) mass is 167 g/mol. The molecule has 0 aliphatic rings. The SMILES string of the molecule is NC(N)=NCCOCC(F)F. The van der Waals surface area contributed by atoms with E-state index in [0.717, 1.165) is 0 Å². The van der Waals surface area contributed by atoms with Crippen molar-refractivity contribution in [3.8, 4) is 0 Å². The van der Waals surface area contributed by atoms with Crippen molar-refractivity contribution in [2.45, 2.75) is 6.43 Å². The summed E-state index contributed by atoms with van der Waals surface area (Å²) in [5, 5.41) is 0. The first-order valence-corrected chi connectivity index (χ1v) is 3.04. The number of nitrogens with zero attached hydrogens (tertiary/aromatic N) is 1. The maximum absolute atomic E-state index is 11.4. The molecule has 0 aliphatic heterocycles. The number of nitrogens with two attached hydrogens (primary N) is 2. The molecule has 4 N–H and O–H groups in total. The normalized spacial score (nSPS) is 10.1. The van der Waals surface area contributed by atoms with Gasteiger partial charge in [-0.05, 0) is 0 Å². The van der Waals surface area contributed by atoms with E-state index in [-0.39, 0.29) is 19.1 Å². The second-order valence-corrected chi connectivity index (χ2v) is 1.77. The fourth-order valence-corrected chi connectivity index (χ4v) is 0.412. The number of hydrogen-bond acceptors (Lipinski definition) is 2. The number of aliphatic imine (C=N–C) groups is 1. The fraction of sp³-hybridized carbons (Fsp3) is 0.800. The molecule has 0 aromatic carbocycles. The van der Waals surface area contributed by atoms with Gasteiger partial charge in [-0.25, -0.2) is 8.78 Å². The molecule has 0 saturated heterocycles. The van der Waals surface area contributed by atoms with Crippen molar-refractivity contribution in [3.05, 3.63) is 0 Å². The van der Waals surface area contributed by atoms with Gasteiger partial charge in [0.25, 0.3) is 6.43 Å². The highest BCUT2D eigenvalue weighted by atomic mass is 19.3. The second kappa shape index (κ2) is 5.84. The number of halogens is 2. The molecule has 4 nitrogen and oxygen atoms in total. The number of ether oxygens (including phenoxy) is 1. The highest BCUT2D eigenvalue weighted by Gasteiger charge is 1.99. The topological polar surface area (TPSA) is 73.6 Å². The lowest BCUT2D eigenvalue weighted by Gasteiger charge is -1.99. The molecule has 0 aromatic heterocycles. The van der Waals surface area contributed by atoms with Crippen LogP contribution in [-0.2, 0) is 4.74 Å². The predicted octanol–water partition coefficient (Wildman–Crippen LogP) is -0.459. The smallest absolute Gasteiger partial charge is 0.261 e. The molecule has 0 unspecified atom stereocenters. The molecule has 11 heavy (non-hydrogen) atoms. The van der Waals surface area contributed by atoms with E-state index in [1.54, 1.807) is 0 Å². The van der Waals surface area contributed by atoms with Gasteiger partial charge in [0.05, 0.1) is 13.2 Å². The van der Waals surface area contributed by atoms with Crippen LogP contribution in [0.2, 0.25) is 0 Å². The van der Waals surface area contributed by atoms with Crippen LogP contribution in [0.3, 0.4) is 0 Å². The van der Waals surface area contributed by atoms with E-state index in [1.165, 1.54) is 0 Å². The van der Waals surface area contributed by atoms with Gasteiger partial charge < -0.3 is 16.2 Å². The van der Waals surface area contributed by atoms with Gasteiger partial charge in [0.2, 0.25) is 0 Å². The Hall–Kier alpha value is -0.910. The molecule has 0 heterocycles. The van der Waals surface area contributed by atoms with Crippen molar-refractivity contribution >= 4 is 5.96 Å². The van der Waals surface area contributed by atoms with E-state index in [2.05, 4.69) is 9.73 Å². The standard InChI is InChI=1S/C5H11F2N3O/c6-4(7)3-11-2-1-10-5(8)9/h4H,1-3H2,(H4,8,9,10). The Bertz CT molecular complexity index is 125. The van der Waals surface area contributed by atoms with Crippen LogP contribution < -0.4 is 11.5 Å². The first kappa shape index (κ1) is 10.1. The van der Waals surface area contributed by atoms with E-state index < -0.39 is 13.0 Å². The van der Waals surface area contributed by atoms with Crippen molar-refractivity contribution < 1.29 is 13.5 Å². The van der Waals surface area contributed by atoms with Crippen molar-refractivity contribution in [2.75, 3.05) is 19.8 Å². The summed E-state index contributed by atoms with van der Waals surface area (Å²) < 4.78 is 27.3. The summed E-state index contributed by atoms with van der Waals surface area (Å²) in [6.07, 6.45) is -2.44. The summed E-state index contributed by atoms with van der Waals surface area (Å²) >= 11 is 0. The largest absolute Gasteiger partial charge is 0.374 e. The molecular formula is C5H11F2N3O. The number of rotatable bonds is 5. The third-order valence-electron chi connectivity index (χ3n) is 0.774.